The van der Waals surface area contributed by atoms with Crippen LogP contribution in [0.5, 0.6) is 5.75 Å². The van der Waals surface area contributed by atoms with E-state index in [9.17, 15) is 9.90 Å². The van der Waals surface area contributed by atoms with E-state index in [1.165, 1.54) is 25.7 Å². The summed E-state index contributed by atoms with van der Waals surface area (Å²) in [7, 11) is 0. The Bertz CT molecular complexity index is 572. The number of hydrogen-bond donors (Lipinski definition) is 3. The van der Waals surface area contributed by atoms with Gasteiger partial charge in [-0.15, -0.1) is 0 Å². The molecule has 0 amide bonds. The molecule has 0 spiro atoms. The Kier molecular flexibility index (Phi) is 3.38. The summed E-state index contributed by atoms with van der Waals surface area (Å²) in [6.45, 7) is 1.84. The summed E-state index contributed by atoms with van der Waals surface area (Å²) < 4.78 is 0. The Morgan fingerprint density at radius 1 is 1.25 bits per heavy atom. The number of nitrogens with one attached hydrogen (secondary N) is 2. The number of hydrogen-bond acceptors (Lipinski definition) is 4. The van der Waals surface area contributed by atoms with Crippen molar-refractivity contribution in [1.29, 1.82) is 0 Å². The summed E-state index contributed by atoms with van der Waals surface area (Å²) in [6.07, 6.45) is 5.37. The number of ketones is 1. The number of phenols is 1. The Labute approximate surface area is 118 Å². The maximum absolute atomic E-state index is 11.8. The highest BCUT2D eigenvalue weighted by Crippen LogP contribution is 2.32. The highest BCUT2D eigenvalue weighted by molar-refractivity contribution is 6.06. The Morgan fingerprint density at radius 2 is 2.00 bits per heavy atom. The smallest absolute Gasteiger partial charge is 0.186 e. The predicted octanol–water partition coefficient (Wildman–Crippen LogP) is 2.83. The van der Waals surface area contributed by atoms with Crippen LogP contribution in [0.25, 0.3) is 0 Å². The number of para-hydroxylation sites is 1. The maximum atomic E-state index is 11.8. The van der Waals surface area contributed by atoms with E-state index in [4.69, 9.17) is 0 Å². The van der Waals surface area contributed by atoms with Crippen LogP contribution < -0.4 is 10.6 Å². The van der Waals surface area contributed by atoms with Crippen LogP contribution in [0.3, 0.4) is 0 Å². The molecule has 0 unspecified atom stereocenters. The fourth-order valence-electron chi connectivity index (χ4n) is 2.88. The second kappa shape index (κ2) is 5.19. The van der Waals surface area contributed by atoms with Gasteiger partial charge in [0.15, 0.2) is 5.78 Å². The quantitative estimate of drug-likeness (QED) is 0.738. The van der Waals surface area contributed by atoms with Gasteiger partial charge in [0.1, 0.15) is 11.4 Å². The standard InChI is InChI=1S/C16H20N2O2/c1-10-5-4-8-12(16(10)20)18-15-13(9-14(15)19)17-11-6-2-3-7-11/h4-5,8,11,17-18,20H,2-3,6-7,9H2,1H3. The molecule has 0 aromatic heterocycles. The first-order valence-electron chi connectivity index (χ1n) is 7.23. The minimum Gasteiger partial charge on any atom is -0.505 e. The van der Waals surface area contributed by atoms with E-state index in [0.717, 1.165) is 11.3 Å². The number of phenolic OH excluding ortho intramolecular Hbond substituents is 1. The second-order valence-corrected chi connectivity index (χ2v) is 5.68. The van der Waals surface area contributed by atoms with Gasteiger partial charge in [-0.05, 0) is 31.4 Å². The average molecular weight is 272 g/mol. The molecule has 3 N–H and O–H groups in total. The molecule has 20 heavy (non-hydrogen) atoms. The molecule has 0 saturated heterocycles. The molecule has 1 aromatic rings. The van der Waals surface area contributed by atoms with Gasteiger partial charge in [-0.1, -0.05) is 25.0 Å². The van der Waals surface area contributed by atoms with E-state index in [0.29, 0.717) is 23.8 Å². The van der Waals surface area contributed by atoms with Crippen molar-refractivity contribution >= 4 is 11.5 Å². The van der Waals surface area contributed by atoms with Crippen molar-refractivity contribution in [3.63, 3.8) is 0 Å². The van der Waals surface area contributed by atoms with Crippen LogP contribution in [-0.2, 0) is 4.79 Å². The monoisotopic (exact) mass is 272 g/mol. The molecule has 4 nitrogen and oxygen atoms in total. The molecule has 1 saturated carbocycles. The number of carbonyl (C=O) groups is 1. The molecule has 0 atom stereocenters. The summed E-state index contributed by atoms with van der Waals surface area (Å²) in [5, 5.41) is 16.5. The third kappa shape index (κ3) is 2.38. The largest absolute Gasteiger partial charge is 0.505 e. The molecule has 0 radical (unpaired) electrons. The third-order valence-electron chi connectivity index (χ3n) is 4.15. The normalized spacial score (nSPS) is 19.1. The molecular weight excluding hydrogens is 252 g/mol. The van der Waals surface area contributed by atoms with Crippen LogP contribution >= 0.6 is 0 Å². The number of aryl methyl sites for hydroxylation is 1. The zero-order valence-electron chi connectivity index (χ0n) is 11.7. The van der Waals surface area contributed by atoms with Gasteiger partial charge >= 0.3 is 0 Å². The molecule has 0 bridgehead atoms. The Balaban J connectivity index is 1.77. The van der Waals surface area contributed by atoms with Crippen molar-refractivity contribution < 1.29 is 9.90 Å². The van der Waals surface area contributed by atoms with Crippen LogP contribution in [0.4, 0.5) is 5.69 Å². The van der Waals surface area contributed by atoms with Gasteiger partial charge in [0.05, 0.1) is 12.1 Å². The van der Waals surface area contributed by atoms with Gasteiger partial charge in [0.2, 0.25) is 0 Å². The van der Waals surface area contributed by atoms with Crippen molar-refractivity contribution in [3.8, 4) is 5.75 Å². The summed E-state index contributed by atoms with van der Waals surface area (Å²) in [5.41, 5.74) is 2.99. The molecular formula is C16H20N2O2. The fraction of sp³-hybridized carbons (Fsp3) is 0.438. The van der Waals surface area contributed by atoms with Crippen LogP contribution in [0.15, 0.2) is 29.6 Å². The van der Waals surface area contributed by atoms with Crippen molar-refractivity contribution in [3.05, 3.63) is 35.2 Å². The zero-order valence-corrected chi connectivity index (χ0v) is 11.7. The number of benzene rings is 1. The van der Waals surface area contributed by atoms with Crippen molar-refractivity contribution in [2.24, 2.45) is 0 Å². The third-order valence-corrected chi connectivity index (χ3v) is 4.15. The summed E-state index contributed by atoms with van der Waals surface area (Å²) >= 11 is 0. The molecule has 0 aliphatic heterocycles. The van der Waals surface area contributed by atoms with Gasteiger partial charge in [0.25, 0.3) is 0 Å². The van der Waals surface area contributed by atoms with E-state index < -0.39 is 0 Å². The molecule has 2 aliphatic rings. The van der Waals surface area contributed by atoms with E-state index in [-0.39, 0.29) is 11.5 Å². The van der Waals surface area contributed by atoms with Crippen LogP contribution in [0, 0.1) is 6.92 Å². The lowest BCUT2D eigenvalue weighted by molar-refractivity contribution is -0.116. The lowest BCUT2D eigenvalue weighted by atomic mass is 9.97. The molecule has 2 aliphatic carbocycles. The van der Waals surface area contributed by atoms with Crippen molar-refractivity contribution in [2.75, 3.05) is 5.32 Å². The Morgan fingerprint density at radius 3 is 2.70 bits per heavy atom. The van der Waals surface area contributed by atoms with Gasteiger partial charge in [-0.25, -0.2) is 0 Å². The molecule has 0 heterocycles. The van der Waals surface area contributed by atoms with E-state index in [1.54, 1.807) is 6.07 Å². The topological polar surface area (TPSA) is 61.4 Å². The van der Waals surface area contributed by atoms with Crippen LogP contribution in [0.1, 0.15) is 37.7 Å². The number of anilines is 1. The number of carbonyl (C=O) groups excluding carboxylic acids is 1. The zero-order chi connectivity index (χ0) is 14.1. The summed E-state index contributed by atoms with van der Waals surface area (Å²) in [6, 6.07) is 6.00. The van der Waals surface area contributed by atoms with Gasteiger partial charge in [-0.3, -0.25) is 4.79 Å². The fourth-order valence-corrected chi connectivity index (χ4v) is 2.88. The first-order valence-corrected chi connectivity index (χ1v) is 7.23. The number of aromatic hydroxyl groups is 1. The van der Waals surface area contributed by atoms with Crippen molar-refractivity contribution in [1.82, 2.24) is 5.32 Å². The number of rotatable bonds is 4. The van der Waals surface area contributed by atoms with Crippen LogP contribution in [-0.4, -0.2) is 16.9 Å². The molecule has 4 heteroatoms. The lowest BCUT2D eigenvalue weighted by Crippen LogP contribution is -2.36. The second-order valence-electron chi connectivity index (χ2n) is 5.68. The SMILES string of the molecule is Cc1cccc(NC2=C(NC3CCCC3)CC2=O)c1O. The highest BCUT2D eigenvalue weighted by Gasteiger charge is 2.30. The van der Waals surface area contributed by atoms with E-state index in [2.05, 4.69) is 10.6 Å². The van der Waals surface area contributed by atoms with Gasteiger partial charge in [-0.2, -0.15) is 0 Å². The first kappa shape index (κ1) is 13.0. The predicted molar refractivity (Wildman–Crippen MR) is 78.5 cm³/mol. The maximum Gasteiger partial charge on any atom is 0.186 e. The summed E-state index contributed by atoms with van der Waals surface area (Å²) in [5.74, 6) is 0.311. The number of allylic oxidation sites excluding steroid dienone is 2. The average Bonchev–Trinajstić information content (AvgIpc) is 2.93. The van der Waals surface area contributed by atoms with Gasteiger partial charge < -0.3 is 15.7 Å². The van der Waals surface area contributed by atoms with Crippen molar-refractivity contribution in [2.45, 2.75) is 45.1 Å². The molecule has 1 fully saturated rings. The lowest BCUT2D eigenvalue weighted by Gasteiger charge is -2.27. The minimum absolute atomic E-state index is 0.103. The van der Waals surface area contributed by atoms with E-state index in [1.807, 2.05) is 19.1 Å². The highest BCUT2D eigenvalue weighted by atomic mass is 16.3. The Hall–Kier alpha value is -1.97. The van der Waals surface area contributed by atoms with Crippen LogP contribution in [0.2, 0.25) is 0 Å². The molecule has 3 rings (SSSR count). The number of Topliss-reactive ketones (excluding diaryl/α,β-unsaturated/α-hetero) is 1. The molecule has 106 valence electrons. The minimum atomic E-state index is 0.103. The molecule has 1 aromatic carbocycles. The van der Waals surface area contributed by atoms with E-state index >= 15 is 0 Å². The van der Waals surface area contributed by atoms with Gasteiger partial charge in [0, 0.05) is 11.7 Å². The first-order chi connectivity index (χ1) is 9.65. The summed E-state index contributed by atoms with van der Waals surface area (Å²) in [4.78, 5) is 11.8.